The lowest BCUT2D eigenvalue weighted by molar-refractivity contribution is -0.107. The third kappa shape index (κ3) is 5.52. The number of rotatable bonds is 8. The number of carbonyl (C=O) groups is 1. The molecule has 0 N–H and O–H groups in total. The second kappa shape index (κ2) is 9.21. The summed E-state index contributed by atoms with van der Waals surface area (Å²) in [5.74, 6) is 1.18. The van der Waals surface area contributed by atoms with Gasteiger partial charge in [0.05, 0.1) is 12.2 Å². The van der Waals surface area contributed by atoms with E-state index in [9.17, 15) is 4.79 Å². The Morgan fingerprint density at radius 1 is 1.03 bits per heavy atom. The quantitative estimate of drug-likeness (QED) is 0.256. The number of thioether (sulfide) groups is 2. The minimum absolute atomic E-state index is 0.142. The van der Waals surface area contributed by atoms with Crippen LogP contribution < -0.4 is 4.90 Å². The molecule has 1 unspecified atom stereocenters. The summed E-state index contributed by atoms with van der Waals surface area (Å²) in [6.45, 7) is 8.20. The minimum Gasteiger partial charge on any atom is -0.369 e. The summed E-state index contributed by atoms with van der Waals surface area (Å²) in [4.78, 5) is 28.1. The highest BCUT2D eigenvalue weighted by atomic mass is 32.2. The molecule has 31 heavy (non-hydrogen) atoms. The van der Waals surface area contributed by atoms with Crippen molar-refractivity contribution >= 4 is 46.0 Å². The number of nitrogens with zero attached hydrogens (tertiary/aromatic N) is 4. The van der Waals surface area contributed by atoms with Gasteiger partial charge in [0.25, 0.3) is 0 Å². The zero-order valence-electron chi connectivity index (χ0n) is 17.3. The number of anilines is 3. The maximum Gasteiger partial charge on any atom is 0.239 e. The van der Waals surface area contributed by atoms with E-state index in [4.69, 9.17) is 9.72 Å². The maximum atomic E-state index is 12.3. The lowest BCUT2D eigenvalue weighted by Gasteiger charge is -2.23. The topological polar surface area (TPSA) is 71.5 Å². The molecule has 0 radical (unpaired) electrons. The molecule has 0 aliphatic carbocycles. The Morgan fingerprint density at radius 2 is 1.58 bits per heavy atom. The first kappa shape index (κ1) is 21.5. The van der Waals surface area contributed by atoms with E-state index >= 15 is 0 Å². The van der Waals surface area contributed by atoms with Gasteiger partial charge in [-0.05, 0) is 55.4 Å². The summed E-state index contributed by atoms with van der Waals surface area (Å²) < 4.78 is 5.49. The molecule has 0 saturated carbocycles. The summed E-state index contributed by atoms with van der Waals surface area (Å²) >= 11 is 2.47. The van der Waals surface area contributed by atoms with E-state index in [0.717, 1.165) is 35.5 Å². The van der Waals surface area contributed by atoms with Crippen LogP contribution in [0.25, 0.3) is 0 Å². The summed E-state index contributed by atoms with van der Waals surface area (Å²) in [6.07, 6.45) is 0. The third-order valence-corrected chi connectivity index (χ3v) is 6.58. The largest absolute Gasteiger partial charge is 0.369 e. The van der Waals surface area contributed by atoms with Crippen LogP contribution in [0.2, 0.25) is 0 Å². The third-order valence-electron chi connectivity index (χ3n) is 4.49. The van der Waals surface area contributed by atoms with E-state index in [2.05, 4.69) is 23.5 Å². The highest BCUT2D eigenvalue weighted by molar-refractivity contribution is 8.14. The molecule has 1 aromatic heterocycles. The van der Waals surface area contributed by atoms with Crippen molar-refractivity contribution in [3.05, 3.63) is 72.8 Å². The molecule has 1 saturated heterocycles. The predicted octanol–water partition coefficient (Wildman–Crippen LogP) is 5.42. The first-order valence-electron chi connectivity index (χ1n) is 9.74. The second-order valence-corrected chi connectivity index (χ2v) is 9.29. The number of ether oxygens (including phenoxy) is 1. The summed E-state index contributed by atoms with van der Waals surface area (Å²) in [6, 6.07) is 19.8. The van der Waals surface area contributed by atoms with E-state index in [1.54, 1.807) is 6.92 Å². The van der Waals surface area contributed by atoms with Crippen molar-refractivity contribution in [2.24, 2.45) is 0 Å². The van der Waals surface area contributed by atoms with Crippen molar-refractivity contribution in [1.82, 2.24) is 15.0 Å². The molecule has 1 atom stereocenters. The number of aromatic nitrogens is 3. The van der Waals surface area contributed by atoms with E-state index in [0.29, 0.717) is 21.8 Å². The number of epoxide rings is 1. The van der Waals surface area contributed by atoms with Crippen molar-refractivity contribution in [1.29, 1.82) is 0 Å². The van der Waals surface area contributed by atoms with Crippen LogP contribution in [0, 0.1) is 0 Å². The normalized spacial score (nSPS) is 17.2. The lowest BCUT2D eigenvalue weighted by atomic mass is 10.2. The Balaban J connectivity index is 1.77. The molecule has 158 valence electrons. The molecule has 3 aromatic rings. The van der Waals surface area contributed by atoms with Crippen molar-refractivity contribution < 1.29 is 9.53 Å². The van der Waals surface area contributed by atoms with Gasteiger partial charge in [0.2, 0.25) is 16.2 Å². The summed E-state index contributed by atoms with van der Waals surface area (Å²) in [5, 5.41) is 0.728. The van der Waals surface area contributed by atoms with E-state index < -0.39 is 0 Å². The molecule has 2 heterocycles. The first-order valence-corrected chi connectivity index (χ1v) is 11.5. The SMILES string of the molecule is C=C(C)C(=O)Sc1nc(SCC2(C)CO2)nc(N(c2ccccc2)c2ccccc2)n1. The Morgan fingerprint density at radius 3 is 2.10 bits per heavy atom. The monoisotopic (exact) mass is 450 g/mol. The number of para-hydroxylation sites is 2. The molecule has 1 fully saturated rings. The van der Waals surface area contributed by atoms with Gasteiger partial charge < -0.3 is 4.74 Å². The zero-order chi connectivity index (χ0) is 21.8. The van der Waals surface area contributed by atoms with Gasteiger partial charge in [-0.2, -0.15) is 15.0 Å². The van der Waals surface area contributed by atoms with E-state index in [-0.39, 0.29) is 10.7 Å². The predicted molar refractivity (Wildman–Crippen MR) is 125 cm³/mol. The molecule has 1 aliphatic rings. The van der Waals surface area contributed by atoms with Crippen LogP contribution in [-0.4, -0.2) is 38.0 Å². The van der Waals surface area contributed by atoms with Gasteiger partial charge in [-0.3, -0.25) is 9.69 Å². The van der Waals surface area contributed by atoms with Gasteiger partial charge in [0.15, 0.2) is 5.16 Å². The van der Waals surface area contributed by atoms with Crippen LogP contribution in [-0.2, 0) is 9.53 Å². The number of hydrogen-bond donors (Lipinski definition) is 0. The van der Waals surface area contributed by atoms with Crippen LogP contribution in [0.4, 0.5) is 17.3 Å². The Kier molecular flexibility index (Phi) is 6.41. The highest BCUT2D eigenvalue weighted by Crippen LogP contribution is 2.36. The van der Waals surface area contributed by atoms with Crippen LogP contribution >= 0.6 is 23.5 Å². The number of benzene rings is 2. The van der Waals surface area contributed by atoms with Crippen molar-refractivity contribution in [2.45, 2.75) is 29.8 Å². The fraction of sp³-hybridized carbons (Fsp3) is 0.217. The van der Waals surface area contributed by atoms with Crippen molar-refractivity contribution in [3.63, 3.8) is 0 Å². The minimum atomic E-state index is -0.170. The van der Waals surface area contributed by atoms with Crippen LogP contribution in [0.5, 0.6) is 0 Å². The Hall–Kier alpha value is -2.68. The lowest BCUT2D eigenvalue weighted by Crippen LogP contribution is -2.16. The fourth-order valence-electron chi connectivity index (χ4n) is 2.67. The highest BCUT2D eigenvalue weighted by Gasteiger charge is 2.39. The molecular weight excluding hydrogens is 428 g/mol. The van der Waals surface area contributed by atoms with Crippen LogP contribution in [0.3, 0.4) is 0 Å². The molecule has 6 nitrogen and oxygen atoms in total. The smallest absolute Gasteiger partial charge is 0.239 e. The van der Waals surface area contributed by atoms with Gasteiger partial charge in [0.1, 0.15) is 0 Å². The average molecular weight is 451 g/mol. The molecule has 2 aromatic carbocycles. The maximum absolute atomic E-state index is 12.3. The van der Waals surface area contributed by atoms with Gasteiger partial charge in [-0.1, -0.05) is 54.7 Å². The van der Waals surface area contributed by atoms with Gasteiger partial charge in [-0.15, -0.1) is 0 Å². The van der Waals surface area contributed by atoms with E-state index in [1.807, 2.05) is 65.6 Å². The van der Waals surface area contributed by atoms with Gasteiger partial charge in [0, 0.05) is 17.1 Å². The molecule has 0 spiro atoms. The zero-order valence-corrected chi connectivity index (χ0v) is 18.9. The van der Waals surface area contributed by atoms with Crippen LogP contribution in [0.1, 0.15) is 13.8 Å². The van der Waals surface area contributed by atoms with E-state index in [1.165, 1.54) is 11.8 Å². The molecule has 0 bridgehead atoms. The molecule has 4 rings (SSSR count). The average Bonchev–Trinajstić information content (AvgIpc) is 3.51. The molecule has 1 aliphatic heterocycles. The first-order chi connectivity index (χ1) is 14.9. The molecule has 0 amide bonds. The molecule has 8 heteroatoms. The fourth-order valence-corrected chi connectivity index (χ4v) is 4.22. The van der Waals surface area contributed by atoms with Gasteiger partial charge in [-0.25, -0.2) is 0 Å². The van der Waals surface area contributed by atoms with Gasteiger partial charge >= 0.3 is 0 Å². The Labute approximate surface area is 190 Å². The molecular formula is C23H22N4O2S2. The summed E-state index contributed by atoms with van der Waals surface area (Å²) in [7, 11) is 0. The standard InChI is InChI=1S/C23H22N4O2S2/c1-16(2)19(28)31-22-25-20(24-21(26-22)30-15-23(3)14-29-23)27(17-10-6-4-7-11-17)18-12-8-5-9-13-18/h4-13H,1,14-15H2,2-3H3. The van der Waals surface area contributed by atoms with Crippen molar-refractivity contribution in [3.8, 4) is 0 Å². The second-order valence-electron chi connectivity index (χ2n) is 7.40. The number of carbonyl (C=O) groups excluding carboxylic acids is 1. The summed E-state index contributed by atoms with van der Waals surface area (Å²) in [5.41, 5.74) is 2.13. The Bertz CT molecular complexity index is 1050. The number of hydrogen-bond acceptors (Lipinski definition) is 8. The van der Waals surface area contributed by atoms with Crippen molar-refractivity contribution in [2.75, 3.05) is 17.3 Å². The van der Waals surface area contributed by atoms with Crippen LogP contribution in [0.15, 0.2) is 83.1 Å².